The molecule has 7 nitrogen and oxygen atoms in total. The van der Waals surface area contributed by atoms with Gasteiger partial charge in [-0.25, -0.2) is 4.79 Å². The average Bonchev–Trinajstić information content (AvgIpc) is 2.80. The Hall–Kier alpha value is -3.87. The van der Waals surface area contributed by atoms with Crippen molar-refractivity contribution in [1.29, 1.82) is 0 Å². The molecule has 2 heterocycles. The molecule has 0 radical (unpaired) electrons. The van der Waals surface area contributed by atoms with Gasteiger partial charge in [0.15, 0.2) is 0 Å². The Bertz CT molecular complexity index is 1000. The summed E-state index contributed by atoms with van der Waals surface area (Å²) in [5.41, 5.74) is 2.92. The Balaban J connectivity index is 1.33. The summed E-state index contributed by atoms with van der Waals surface area (Å²) < 4.78 is 0. The second-order valence-corrected chi connectivity index (χ2v) is 7.02. The molecule has 0 aliphatic carbocycles. The minimum atomic E-state index is -0.189. The maximum atomic E-state index is 12.7. The lowest BCUT2D eigenvalue weighted by Gasteiger charge is -2.35. The van der Waals surface area contributed by atoms with Crippen molar-refractivity contribution in [2.75, 3.05) is 41.7 Å². The Morgan fingerprint density at radius 2 is 1.53 bits per heavy atom. The van der Waals surface area contributed by atoms with Crippen LogP contribution in [0.1, 0.15) is 10.4 Å². The van der Waals surface area contributed by atoms with Crippen molar-refractivity contribution in [2.45, 2.75) is 0 Å². The molecule has 1 aliphatic rings. The van der Waals surface area contributed by atoms with Gasteiger partial charge in [-0.15, -0.1) is 0 Å². The summed E-state index contributed by atoms with van der Waals surface area (Å²) in [5.74, 6) is -0.189. The second-order valence-electron chi connectivity index (χ2n) is 7.02. The van der Waals surface area contributed by atoms with E-state index in [4.69, 9.17) is 0 Å². The molecule has 7 heteroatoms. The summed E-state index contributed by atoms with van der Waals surface area (Å²) >= 11 is 0. The highest BCUT2D eigenvalue weighted by molar-refractivity contribution is 6.04. The quantitative estimate of drug-likeness (QED) is 0.699. The largest absolute Gasteiger partial charge is 0.367 e. The van der Waals surface area contributed by atoms with Crippen molar-refractivity contribution >= 4 is 29.0 Å². The molecule has 30 heavy (non-hydrogen) atoms. The van der Waals surface area contributed by atoms with Gasteiger partial charge in [-0.3, -0.25) is 9.78 Å². The number of amides is 3. The first-order valence-corrected chi connectivity index (χ1v) is 9.86. The van der Waals surface area contributed by atoms with Gasteiger partial charge in [-0.05, 0) is 42.5 Å². The number of nitrogens with one attached hydrogen (secondary N) is 2. The number of benzene rings is 2. The number of piperazine rings is 1. The van der Waals surface area contributed by atoms with Gasteiger partial charge in [0.2, 0.25) is 0 Å². The highest BCUT2D eigenvalue weighted by atomic mass is 16.2. The fourth-order valence-corrected chi connectivity index (χ4v) is 3.38. The summed E-state index contributed by atoms with van der Waals surface area (Å²) in [5, 5.41) is 5.78. The third-order valence-corrected chi connectivity index (χ3v) is 4.99. The Kier molecular flexibility index (Phi) is 5.89. The fourth-order valence-electron chi connectivity index (χ4n) is 3.38. The van der Waals surface area contributed by atoms with Gasteiger partial charge in [-0.1, -0.05) is 24.3 Å². The minimum absolute atomic E-state index is 0.146. The van der Waals surface area contributed by atoms with Crippen LogP contribution in [0.5, 0.6) is 0 Å². The molecular weight excluding hydrogens is 378 g/mol. The molecule has 3 aromatic rings. The highest BCUT2D eigenvalue weighted by Crippen LogP contribution is 2.18. The van der Waals surface area contributed by atoms with Crippen LogP contribution in [0.4, 0.5) is 21.9 Å². The summed E-state index contributed by atoms with van der Waals surface area (Å²) in [6.07, 6.45) is 3.59. The van der Waals surface area contributed by atoms with Crippen LogP contribution in [-0.4, -0.2) is 48.0 Å². The number of anilines is 3. The molecule has 1 aliphatic heterocycles. The first kappa shape index (κ1) is 19.4. The SMILES string of the molecule is O=C(Nc1cccc(NC(=O)N2CCN(c3cccnc3)CC2)c1)c1ccccc1. The number of hydrogen-bond donors (Lipinski definition) is 2. The molecule has 0 spiro atoms. The van der Waals surface area contributed by atoms with Crippen LogP contribution in [0.15, 0.2) is 79.1 Å². The molecule has 152 valence electrons. The van der Waals surface area contributed by atoms with E-state index in [1.807, 2.05) is 42.6 Å². The summed E-state index contributed by atoms with van der Waals surface area (Å²) in [6, 6.07) is 20.0. The van der Waals surface area contributed by atoms with E-state index >= 15 is 0 Å². The minimum Gasteiger partial charge on any atom is -0.367 e. The lowest BCUT2D eigenvalue weighted by Crippen LogP contribution is -2.50. The summed E-state index contributed by atoms with van der Waals surface area (Å²) in [6.45, 7) is 2.77. The molecule has 1 saturated heterocycles. The van der Waals surface area contributed by atoms with Crippen LogP contribution in [0.3, 0.4) is 0 Å². The van der Waals surface area contributed by atoms with Crippen LogP contribution >= 0.6 is 0 Å². The smallest absolute Gasteiger partial charge is 0.321 e. The lowest BCUT2D eigenvalue weighted by molar-refractivity contribution is 0.102. The Morgan fingerprint density at radius 1 is 0.800 bits per heavy atom. The van der Waals surface area contributed by atoms with Crippen molar-refractivity contribution in [2.24, 2.45) is 0 Å². The second kappa shape index (κ2) is 9.09. The molecule has 0 unspecified atom stereocenters. The van der Waals surface area contributed by atoms with Crippen molar-refractivity contribution < 1.29 is 9.59 Å². The van der Waals surface area contributed by atoms with Gasteiger partial charge in [-0.2, -0.15) is 0 Å². The van der Waals surface area contributed by atoms with Crippen LogP contribution in [0.2, 0.25) is 0 Å². The highest BCUT2D eigenvalue weighted by Gasteiger charge is 2.21. The molecule has 0 bridgehead atoms. The number of hydrogen-bond acceptors (Lipinski definition) is 4. The molecule has 1 aromatic heterocycles. The number of pyridine rings is 1. The normalized spacial score (nSPS) is 13.6. The predicted octanol–water partition coefficient (Wildman–Crippen LogP) is 3.69. The van der Waals surface area contributed by atoms with Gasteiger partial charge in [0.25, 0.3) is 5.91 Å². The summed E-state index contributed by atoms with van der Waals surface area (Å²) in [4.78, 5) is 33.2. The van der Waals surface area contributed by atoms with E-state index < -0.39 is 0 Å². The molecule has 4 rings (SSSR count). The number of nitrogens with zero attached hydrogens (tertiary/aromatic N) is 3. The zero-order valence-electron chi connectivity index (χ0n) is 16.5. The van der Waals surface area contributed by atoms with Crippen LogP contribution in [0.25, 0.3) is 0 Å². The van der Waals surface area contributed by atoms with Crippen molar-refractivity contribution in [3.05, 3.63) is 84.7 Å². The van der Waals surface area contributed by atoms with E-state index in [1.54, 1.807) is 41.4 Å². The van der Waals surface area contributed by atoms with Crippen LogP contribution in [0, 0.1) is 0 Å². The van der Waals surface area contributed by atoms with E-state index in [1.165, 1.54) is 0 Å². The maximum Gasteiger partial charge on any atom is 0.321 e. The number of aromatic nitrogens is 1. The van der Waals surface area contributed by atoms with Gasteiger partial charge in [0, 0.05) is 49.3 Å². The maximum absolute atomic E-state index is 12.7. The molecule has 2 N–H and O–H groups in total. The van der Waals surface area contributed by atoms with E-state index in [2.05, 4.69) is 20.5 Å². The Labute approximate surface area is 175 Å². The molecular formula is C23H23N5O2. The fraction of sp³-hybridized carbons (Fsp3) is 0.174. The predicted molar refractivity (Wildman–Crippen MR) is 118 cm³/mol. The van der Waals surface area contributed by atoms with Crippen LogP contribution < -0.4 is 15.5 Å². The van der Waals surface area contributed by atoms with E-state index in [0.29, 0.717) is 30.0 Å². The third-order valence-electron chi connectivity index (χ3n) is 4.99. The van der Waals surface area contributed by atoms with Crippen molar-refractivity contribution in [1.82, 2.24) is 9.88 Å². The van der Waals surface area contributed by atoms with E-state index in [0.717, 1.165) is 18.8 Å². The van der Waals surface area contributed by atoms with E-state index in [9.17, 15) is 9.59 Å². The monoisotopic (exact) mass is 401 g/mol. The van der Waals surface area contributed by atoms with Gasteiger partial charge in [0.1, 0.15) is 0 Å². The number of carbonyl (C=O) groups excluding carboxylic acids is 2. The molecule has 0 atom stereocenters. The van der Waals surface area contributed by atoms with Gasteiger partial charge < -0.3 is 20.4 Å². The zero-order valence-corrected chi connectivity index (χ0v) is 16.5. The average molecular weight is 401 g/mol. The molecule has 0 saturated carbocycles. The number of urea groups is 1. The molecule has 3 amide bonds. The summed E-state index contributed by atoms with van der Waals surface area (Å²) in [7, 11) is 0. The molecule has 1 fully saturated rings. The first-order chi connectivity index (χ1) is 14.7. The third kappa shape index (κ3) is 4.75. The van der Waals surface area contributed by atoms with Crippen molar-refractivity contribution in [3.8, 4) is 0 Å². The first-order valence-electron chi connectivity index (χ1n) is 9.86. The molecule has 2 aromatic carbocycles. The zero-order chi connectivity index (χ0) is 20.8. The van der Waals surface area contributed by atoms with Crippen LogP contribution in [-0.2, 0) is 0 Å². The van der Waals surface area contributed by atoms with Gasteiger partial charge in [0.05, 0.1) is 11.9 Å². The lowest BCUT2D eigenvalue weighted by atomic mass is 10.2. The van der Waals surface area contributed by atoms with Crippen molar-refractivity contribution in [3.63, 3.8) is 0 Å². The van der Waals surface area contributed by atoms with E-state index in [-0.39, 0.29) is 11.9 Å². The Morgan fingerprint density at radius 3 is 2.23 bits per heavy atom. The number of rotatable bonds is 4. The topological polar surface area (TPSA) is 77.6 Å². The standard InChI is InChI=1S/C23H23N5O2/c29-22(18-6-2-1-3-7-18)25-19-8-4-9-20(16-19)26-23(30)28-14-12-27(13-15-28)21-10-5-11-24-17-21/h1-11,16-17H,12-15H2,(H,25,29)(H,26,30). The number of carbonyl (C=O) groups is 2. The van der Waals surface area contributed by atoms with Gasteiger partial charge >= 0.3 is 6.03 Å².